The molecule has 2 aliphatic rings. The lowest BCUT2D eigenvalue weighted by molar-refractivity contribution is 0.0896. The first-order valence-corrected chi connectivity index (χ1v) is 5.79. The first-order chi connectivity index (χ1) is 7.74. The van der Waals surface area contributed by atoms with Crippen molar-refractivity contribution in [2.75, 3.05) is 18.1 Å². The van der Waals surface area contributed by atoms with Crippen LogP contribution in [0.2, 0.25) is 0 Å². The number of anilines is 1. The molecule has 86 valence electrons. The average molecular weight is 220 g/mol. The molecule has 0 aromatic carbocycles. The maximum absolute atomic E-state index is 5.56. The van der Waals surface area contributed by atoms with Crippen LogP contribution in [0.15, 0.2) is 0 Å². The molecule has 1 aromatic rings. The molecule has 2 bridgehead atoms. The topological polar surface area (TPSA) is 51.1 Å². The van der Waals surface area contributed by atoms with Crippen LogP contribution in [0.25, 0.3) is 0 Å². The molecule has 1 aromatic heterocycles. The number of fused-ring (bicyclic) bond motifs is 2. The van der Waals surface area contributed by atoms with Crippen molar-refractivity contribution in [1.29, 1.82) is 0 Å². The van der Waals surface area contributed by atoms with Gasteiger partial charge in [0.25, 0.3) is 0 Å². The minimum atomic E-state index is 0.458. The molecule has 0 radical (unpaired) electrons. The Kier molecular flexibility index (Phi) is 2.28. The monoisotopic (exact) mass is 220 g/mol. The van der Waals surface area contributed by atoms with Gasteiger partial charge in [0, 0.05) is 0 Å². The van der Waals surface area contributed by atoms with E-state index in [9.17, 15) is 0 Å². The Balaban J connectivity index is 1.97. The van der Waals surface area contributed by atoms with Crippen molar-refractivity contribution >= 4 is 5.95 Å². The van der Waals surface area contributed by atoms with Gasteiger partial charge in [0.1, 0.15) is 11.6 Å². The van der Waals surface area contributed by atoms with E-state index in [1.807, 2.05) is 13.8 Å². The predicted molar refractivity (Wildman–Crippen MR) is 59.4 cm³/mol. The molecule has 0 spiro atoms. The Labute approximate surface area is 94.9 Å². The van der Waals surface area contributed by atoms with Gasteiger partial charge in [0.15, 0.2) is 0 Å². The summed E-state index contributed by atoms with van der Waals surface area (Å²) in [5, 5.41) is 0. The molecule has 0 saturated carbocycles. The zero-order valence-corrected chi connectivity index (χ0v) is 9.68. The number of hydrogen-bond acceptors (Lipinski definition) is 5. The van der Waals surface area contributed by atoms with Crippen LogP contribution in [0, 0.1) is 13.8 Å². The number of aryl methyl sites for hydroxylation is 2. The Bertz CT molecular complexity index is 373. The maximum Gasteiger partial charge on any atom is 0.229 e. The number of rotatable bonds is 1. The molecule has 2 fully saturated rings. The summed E-state index contributed by atoms with van der Waals surface area (Å²) < 4.78 is 5.56. The Morgan fingerprint density at radius 2 is 1.56 bits per heavy atom. The van der Waals surface area contributed by atoms with Crippen molar-refractivity contribution in [2.45, 2.75) is 38.8 Å². The second kappa shape index (κ2) is 3.66. The standard InChI is InChI=1S/C11H16N4O/c1-7-12-8(2)14-11(13-7)15-9-3-4-10(15)6-16-5-9/h9-10H,3-6H2,1-2H3. The number of morpholine rings is 1. The summed E-state index contributed by atoms with van der Waals surface area (Å²) in [5.74, 6) is 2.43. The molecule has 2 atom stereocenters. The van der Waals surface area contributed by atoms with Crippen LogP contribution in [-0.4, -0.2) is 40.2 Å². The lowest BCUT2D eigenvalue weighted by atomic mass is 10.2. The van der Waals surface area contributed by atoms with Gasteiger partial charge in [-0.3, -0.25) is 0 Å². The quantitative estimate of drug-likeness (QED) is 0.702. The molecule has 3 heterocycles. The van der Waals surface area contributed by atoms with E-state index in [-0.39, 0.29) is 0 Å². The SMILES string of the molecule is Cc1nc(C)nc(N2C3CCC2COC3)n1. The minimum absolute atomic E-state index is 0.458. The fraction of sp³-hybridized carbons (Fsp3) is 0.727. The number of ether oxygens (including phenoxy) is 1. The van der Waals surface area contributed by atoms with Crippen molar-refractivity contribution in [1.82, 2.24) is 15.0 Å². The molecular weight excluding hydrogens is 204 g/mol. The van der Waals surface area contributed by atoms with Crippen LogP contribution in [0.1, 0.15) is 24.5 Å². The summed E-state index contributed by atoms with van der Waals surface area (Å²) in [7, 11) is 0. The van der Waals surface area contributed by atoms with Gasteiger partial charge in [-0.05, 0) is 26.7 Å². The van der Waals surface area contributed by atoms with Crippen molar-refractivity contribution < 1.29 is 4.74 Å². The summed E-state index contributed by atoms with van der Waals surface area (Å²) in [6.45, 7) is 5.45. The highest BCUT2D eigenvalue weighted by Gasteiger charge is 2.39. The maximum atomic E-state index is 5.56. The summed E-state index contributed by atoms with van der Waals surface area (Å²) in [4.78, 5) is 15.4. The lowest BCUT2D eigenvalue weighted by Crippen LogP contribution is -2.47. The smallest absolute Gasteiger partial charge is 0.229 e. The van der Waals surface area contributed by atoms with Crippen molar-refractivity contribution in [3.8, 4) is 0 Å². The van der Waals surface area contributed by atoms with Gasteiger partial charge in [-0.2, -0.15) is 9.97 Å². The van der Waals surface area contributed by atoms with Gasteiger partial charge in [-0.15, -0.1) is 0 Å². The third-order valence-corrected chi connectivity index (χ3v) is 3.32. The van der Waals surface area contributed by atoms with E-state index in [0.717, 1.165) is 30.8 Å². The van der Waals surface area contributed by atoms with Crippen molar-refractivity contribution in [2.24, 2.45) is 0 Å². The van der Waals surface area contributed by atoms with E-state index in [0.29, 0.717) is 12.1 Å². The summed E-state index contributed by atoms with van der Waals surface area (Å²) in [6.07, 6.45) is 2.38. The first kappa shape index (κ1) is 9.96. The second-order valence-corrected chi connectivity index (χ2v) is 4.56. The Hall–Kier alpha value is -1.23. The van der Waals surface area contributed by atoms with Crippen molar-refractivity contribution in [3.63, 3.8) is 0 Å². The van der Waals surface area contributed by atoms with Gasteiger partial charge in [0.05, 0.1) is 25.3 Å². The van der Waals surface area contributed by atoms with Gasteiger partial charge in [-0.1, -0.05) is 0 Å². The Morgan fingerprint density at radius 1 is 1.00 bits per heavy atom. The van der Waals surface area contributed by atoms with Crippen LogP contribution in [0.5, 0.6) is 0 Å². The second-order valence-electron chi connectivity index (χ2n) is 4.56. The highest BCUT2D eigenvalue weighted by atomic mass is 16.5. The first-order valence-electron chi connectivity index (χ1n) is 5.79. The third-order valence-electron chi connectivity index (χ3n) is 3.32. The van der Waals surface area contributed by atoms with E-state index >= 15 is 0 Å². The number of nitrogens with zero attached hydrogens (tertiary/aromatic N) is 4. The zero-order chi connectivity index (χ0) is 11.1. The van der Waals surface area contributed by atoms with Gasteiger partial charge < -0.3 is 9.64 Å². The van der Waals surface area contributed by atoms with Crippen LogP contribution in [0.3, 0.4) is 0 Å². The van der Waals surface area contributed by atoms with Gasteiger partial charge >= 0.3 is 0 Å². The van der Waals surface area contributed by atoms with Crippen LogP contribution < -0.4 is 4.90 Å². The van der Waals surface area contributed by atoms with E-state index in [1.165, 1.54) is 12.8 Å². The largest absolute Gasteiger partial charge is 0.377 e. The molecule has 5 nitrogen and oxygen atoms in total. The molecule has 0 amide bonds. The molecule has 0 N–H and O–H groups in total. The number of aromatic nitrogens is 3. The van der Waals surface area contributed by atoms with E-state index < -0.39 is 0 Å². The fourth-order valence-corrected chi connectivity index (χ4v) is 2.67. The third kappa shape index (κ3) is 1.55. The fourth-order valence-electron chi connectivity index (χ4n) is 2.67. The van der Waals surface area contributed by atoms with E-state index in [4.69, 9.17) is 4.74 Å². The number of hydrogen-bond donors (Lipinski definition) is 0. The van der Waals surface area contributed by atoms with Gasteiger partial charge in [0.2, 0.25) is 5.95 Å². The minimum Gasteiger partial charge on any atom is -0.377 e. The van der Waals surface area contributed by atoms with Crippen LogP contribution >= 0.6 is 0 Å². The van der Waals surface area contributed by atoms with E-state index in [1.54, 1.807) is 0 Å². The normalized spacial score (nSPS) is 28.5. The van der Waals surface area contributed by atoms with Gasteiger partial charge in [-0.25, -0.2) is 4.98 Å². The molecular formula is C11H16N4O. The van der Waals surface area contributed by atoms with Crippen LogP contribution in [0.4, 0.5) is 5.95 Å². The molecule has 2 aliphatic heterocycles. The molecule has 2 saturated heterocycles. The molecule has 16 heavy (non-hydrogen) atoms. The van der Waals surface area contributed by atoms with E-state index in [2.05, 4.69) is 19.9 Å². The molecule has 0 aliphatic carbocycles. The average Bonchev–Trinajstić information content (AvgIpc) is 2.47. The summed E-state index contributed by atoms with van der Waals surface area (Å²) >= 11 is 0. The summed E-state index contributed by atoms with van der Waals surface area (Å²) in [6, 6.07) is 0.917. The van der Waals surface area contributed by atoms with Crippen molar-refractivity contribution in [3.05, 3.63) is 11.6 Å². The highest BCUT2D eigenvalue weighted by molar-refractivity contribution is 5.37. The zero-order valence-electron chi connectivity index (χ0n) is 9.68. The molecule has 3 rings (SSSR count). The lowest BCUT2D eigenvalue weighted by Gasteiger charge is -2.34. The van der Waals surface area contributed by atoms with Crippen LogP contribution in [-0.2, 0) is 4.74 Å². The summed E-state index contributed by atoms with van der Waals surface area (Å²) in [5.41, 5.74) is 0. The molecule has 5 heteroatoms. The highest BCUT2D eigenvalue weighted by Crippen LogP contribution is 2.31. The Morgan fingerprint density at radius 3 is 2.12 bits per heavy atom. The molecule has 2 unspecified atom stereocenters. The predicted octanol–water partition coefficient (Wildman–Crippen LogP) is 0.856.